The van der Waals surface area contributed by atoms with E-state index < -0.39 is 15.3 Å². The highest BCUT2D eigenvalue weighted by molar-refractivity contribution is 8.00. The van der Waals surface area contributed by atoms with Gasteiger partial charge in [0.2, 0.25) is 0 Å². The van der Waals surface area contributed by atoms with Crippen molar-refractivity contribution in [2.75, 3.05) is 42.8 Å². The number of imidazole rings is 1. The third-order valence-electron chi connectivity index (χ3n) is 6.00. The molecular weight excluding hydrogens is 555 g/mol. The number of thioether (sulfide) groups is 1. The molecule has 1 saturated heterocycles. The van der Waals surface area contributed by atoms with Crippen molar-refractivity contribution in [3.63, 3.8) is 0 Å². The van der Waals surface area contributed by atoms with Crippen LogP contribution in [-0.2, 0) is 9.84 Å². The quantitative estimate of drug-likeness (QED) is 0.286. The van der Waals surface area contributed by atoms with Gasteiger partial charge in [-0.05, 0) is 49.1 Å². The van der Waals surface area contributed by atoms with Gasteiger partial charge in [0.1, 0.15) is 26.3 Å². The molecule has 0 unspecified atom stereocenters. The van der Waals surface area contributed by atoms with Crippen LogP contribution in [0.25, 0.3) is 5.65 Å². The summed E-state index contributed by atoms with van der Waals surface area (Å²) in [6.45, 7) is 0.0708. The number of benzene rings is 1. The van der Waals surface area contributed by atoms with E-state index in [9.17, 15) is 26.4 Å². The van der Waals surface area contributed by atoms with Crippen molar-refractivity contribution in [1.29, 1.82) is 0 Å². The van der Waals surface area contributed by atoms with Crippen molar-refractivity contribution in [3.8, 4) is 17.6 Å². The van der Waals surface area contributed by atoms with E-state index in [1.165, 1.54) is 24.8 Å². The van der Waals surface area contributed by atoms with Gasteiger partial charge in [0.05, 0.1) is 36.5 Å². The number of aromatic nitrogens is 2. The highest BCUT2D eigenvalue weighted by Crippen LogP contribution is 2.39. The lowest BCUT2D eigenvalue weighted by Gasteiger charge is -2.24. The number of halogens is 3. The average molecular weight is 582 g/mol. The third kappa shape index (κ3) is 7.10. The maximum atomic E-state index is 13.4. The summed E-state index contributed by atoms with van der Waals surface area (Å²) in [4.78, 5) is 16.2. The maximum absolute atomic E-state index is 13.4. The van der Waals surface area contributed by atoms with Crippen LogP contribution in [0.3, 0.4) is 0 Å². The maximum Gasteiger partial charge on any atom is 0.447 e. The second-order valence-electron chi connectivity index (χ2n) is 8.65. The lowest BCUT2D eigenvalue weighted by atomic mass is 10.1. The number of pyridine rings is 1. The fraction of sp³-hybridized carbons (Fsp3) is 0.360. The topological polar surface area (TPSA) is 114 Å². The van der Waals surface area contributed by atoms with E-state index >= 15 is 0 Å². The van der Waals surface area contributed by atoms with Gasteiger partial charge in [-0.2, -0.15) is 13.2 Å². The summed E-state index contributed by atoms with van der Waals surface area (Å²) < 4.78 is 70.4. The van der Waals surface area contributed by atoms with Crippen LogP contribution in [0.1, 0.15) is 28.9 Å². The first kappa shape index (κ1) is 28.4. The molecule has 3 aromatic rings. The van der Waals surface area contributed by atoms with Crippen LogP contribution in [0.15, 0.2) is 41.6 Å². The van der Waals surface area contributed by atoms with Crippen LogP contribution in [0.2, 0.25) is 0 Å². The van der Waals surface area contributed by atoms with E-state index in [1.807, 2.05) is 0 Å². The Balaban J connectivity index is 1.58. The molecular formula is C25H26F3N5O4S2. The number of rotatable bonds is 7. The highest BCUT2D eigenvalue weighted by Gasteiger charge is 2.33. The Morgan fingerprint density at radius 1 is 1.23 bits per heavy atom. The van der Waals surface area contributed by atoms with Gasteiger partial charge in [-0.1, -0.05) is 5.92 Å². The summed E-state index contributed by atoms with van der Waals surface area (Å²) in [5.74, 6) is 5.79. The first-order chi connectivity index (χ1) is 18.5. The Bertz CT molecular complexity index is 1530. The first-order valence-electron chi connectivity index (χ1n) is 11.9. The summed E-state index contributed by atoms with van der Waals surface area (Å²) in [6, 6.07) is 7.97. The van der Waals surface area contributed by atoms with Crippen molar-refractivity contribution >= 4 is 44.5 Å². The van der Waals surface area contributed by atoms with E-state index in [4.69, 9.17) is 4.74 Å². The lowest BCUT2D eigenvalue weighted by Crippen LogP contribution is -2.32. The number of hydrogen-bond acceptors (Lipinski definition) is 8. The molecule has 2 aromatic heterocycles. The Morgan fingerprint density at radius 2 is 1.97 bits per heavy atom. The van der Waals surface area contributed by atoms with Crippen LogP contribution in [0, 0.1) is 11.8 Å². The molecule has 39 heavy (non-hydrogen) atoms. The Kier molecular flexibility index (Phi) is 8.51. The number of carbonyl (C=O) groups is 1. The number of nitrogens with zero attached hydrogens (tertiary/aromatic N) is 2. The standard InChI is InChI=1S/C25H26F3N5O4S2/c1-29-23(34)16-7-8-18(21(15-16)37-2)30-11-3-5-20-24(38-25(26,27)28)33-12-4-6-19(22(33)32-20)31-17-9-13-39(35,36)14-10-17/h4,6-8,12,15,17,30-31H,9-11,13-14H2,1-2H3,(H,29,34). The van der Waals surface area contributed by atoms with Gasteiger partial charge in [0.15, 0.2) is 5.65 Å². The normalized spacial score (nSPS) is 15.3. The van der Waals surface area contributed by atoms with Crippen LogP contribution in [0.5, 0.6) is 5.75 Å². The number of hydrogen-bond donors (Lipinski definition) is 3. The van der Waals surface area contributed by atoms with Gasteiger partial charge in [-0.3, -0.25) is 9.20 Å². The predicted octanol–water partition coefficient (Wildman–Crippen LogP) is 3.77. The van der Waals surface area contributed by atoms with Crippen LogP contribution >= 0.6 is 11.8 Å². The fourth-order valence-corrected chi connectivity index (χ4v) is 6.24. The Hall–Kier alpha value is -3.57. The Labute approximate surface area is 227 Å². The van der Waals surface area contributed by atoms with Gasteiger partial charge in [-0.15, -0.1) is 0 Å². The number of ether oxygens (including phenoxy) is 1. The van der Waals surface area contributed by atoms with Gasteiger partial charge in [-0.25, -0.2) is 13.4 Å². The van der Waals surface area contributed by atoms with E-state index in [0.717, 1.165) is 0 Å². The number of methoxy groups -OCH3 is 1. The number of alkyl halides is 3. The zero-order valence-corrected chi connectivity index (χ0v) is 22.7. The molecule has 0 aliphatic carbocycles. The van der Waals surface area contributed by atoms with Gasteiger partial charge >= 0.3 is 5.51 Å². The Morgan fingerprint density at radius 3 is 2.64 bits per heavy atom. The summed E-state index contributed by atoms with van der Waals surface area (Å²) in [6.07, 6.45) is 2.29. The number of nitrogens with one attached hydrogen (secondary N) is 3. The molecule has 3 heterocycles. The number of amides is 1. The number of carbonyl (C=O) groups excluding carboxylic acids is 1. The summed E-state index contributed by atoms with van der Waals surface area (Å²) in [7, 11) is -0.0871. The molecule has 3 N–H and O–H groups in total. The van der Waals surface area contributed by atoms with Gasteiger partial charge in [0.25, 0.3) is 5.91 Å². The second kappa shape index (κ2) is 11.7. The van der Waals surface area contributed by atoms with Gasteiger partial charge in [0, 0.05) is 36.6 Å². The molecule has 208 valence electrons. The van der Waals surface area contributed by atoms with Crippen molar-refractivity contribution in [2.45, 2.75) is 29.4 Å². The summed E-state index contributed by atoms with van der Waals surface area (Å²) >= 11 is -0.302. The van der Waals surface area contributed by atoms with Crippen molar-refractivity contribution < 1.29 is 31.1 Å². The number of anilines is 2. The number of sulfone groups is 1. The highest BCUT2D eigenvalue weighted by atomic mass is 32.2. The predicted molar refractivity (Wildman–Crippen MR) is 144 cm³/mol. The molecule has 1 fully saturated rings. The molecule has 1 aliphatic heterocycles. The van der Waals surface area contributed by atoms with Crippen molar-refractivity contribution in [3.05, 3.63) is 47.8 Å². The monoisotopic (exact) mass is 581 g/mol. The molecule has 0 saturated carbocycles. The minimum Gasteiger partial charge on any atom is -0.495 e. The molecule has 4 rings (SSSR count). The summed E-state index contributed by atoms with van der Waals surface area (Å²) in [5.41, 5.74) is -2.88. The minimum atomic E-state index is -4.56. The fourth-order valence-electron chi connectivity index (χ4n) is 4.09. The first-order valence-corrected chi connectivity index (χ1v) is 14.5. The minimum absolute atomic E-state index is 0.0403. The molecule has 0 spiro atoms. The molecule has 1 aromatic carbocycles. The smallest absolute Gasteiger partial charge is 0.447 e. The second-order valence-corrected chi connectivity index (χ2v) is 12.0. The molecule has 1 amide bonds. The SMILES string of the molecule is CNC(=O)c1ccc(NCC#Cc2nc3c(NC4CCS(=O)(=O)CC4)cccn3c2SC(F)(F)F)c(OC)c1. The van der Waals surface area contributed by atoms with E-state index in [-0.39, 0.29) is 58.1 Å². The molecule has 14 heteroatoms. The van der Waals surface area contributed by atoms with Crippen molar-refractivity contribution in [1.82, 2.24) is 14.7 Å². The number of fused-ring (bicyclic) bond motifs is 1. The van der Waals surface area contributed by atoms with Crippen LogP contribution in [0.4, 0.5) is 24.5 Å². The van der Waals surface area contributed by atoms with E-state index in [0.29, 0.717) is 35.5 Å². The zero-order chi connectivity index (χ0) is 28.2. The zero-order valence-electron chi connectivity index (χ0n) is 21.1. The van der Waals surface area contributed by atoms with Gasteiger partial charge < -0.3 is 20.7 Å². The van der Waals surface area contributed by atoms with Crippen LogP contribution < -0.4 is 20.7 Å². The lowest BCUT2D eigenvalue weighted by molar-refractivity contribution is -0.0330. The third-order valence-corrected chi connectivity index (χ3v) is 8.53. The molecule has 9 nitrogen and oxygen atoms in total. The van der Waals surface area contributed by atoms with E-state index in [1.54, 1.807) is 30.3 Å². The molecule has 1 aliphatic rings. The van der Waals surface area contributed by atoms with Crippen LogP contribution in [-0.4, -0.2) is 67.5 Å². The summed E-state index contributed by atoms with van der Waals surface area (Å²) in [5, 5.41) is 8.63. The largest absolute Gasteiger partial charge is 0.495 e. The van der Waals surface area contributed by atoms with E-state index in [2.05, 4.69) is 32.8 Å². The molecule has 0 bridgehead atoms. The average Bonchev–Trinajstić information content (AvgIpc) is 3.24. The van der Waals surface area contributed by atoms with Crippen molar-refractivity contribution in [2.24, 2.45) is 0 Å². The molecule has 0 radical (unpaired) electrons. The molecule has 0 atom stereocenters.